The molecule has 133 valence electrons. The molecule has 4 rings (SSSR count). The van der Waals surface area contributed by atoms with Crippen LogP contribution in [0.5, 0.6) is 0 Å². The molecule has 0 saturated heterocycles. The van der Waals surface area contributed by atoms with Gasteiger partial charge >= 0.3 is 0 Å². The van der Waals surface area contributed by atoms with Gasteiger partial charge < -0.3 is 10.6 Å². The molecule has 0 bridgehead atoms. The van der Waals surface area contributed by atoms with E-state index < -0.39 is 0 Å². The van der Waals surface area contributed by atoms with Crippen LogP contribution in [0.15, 0.2) is 61.1 Å². The number of para-hydroxylation sites is 2. The Morgan fingerprint density at radius 2 is 1.81 bits per heavy atom. The summed E-state index contributed by atoms with van der Waals surface area (Å²) >= 11 is 0. The molecule has 2 aromatic carbocycles. The number of allylic oxidation sites excluding steroid dienone is 2. The first-order chi connectivity index (χ1) is 12.6. The van der Waals surface area contributed by atoms with Crippen molar-refractivity contribution in [3.63, 3.8) is 0 Å². The summed E-state index contributed by atoms with van der Waals surface area (Å²) in [4.78, 5) is 0. The molecule has 2 heterocycles. The average molecular weight is 429 g/mol. The summed E-state index contributed by atoms with van der Waals surface area (Å²) in [6, 6.07) is 20.3. The van der Waals surface area contributed by atoms with Gasteiger partial charge in [0.15, 0.2) is 6.33 Å². The van der Waals surface area contributed by atoms with Crippen molar-refractivity contribution in [2.24, 2.45) is 7.05 Å². The van der Waals surface area contributed by atoms with Gasteiger partial charge in [0.2, 0.25) is 5.82 Å². The van der Waals surface area contributed by atoms with E-state index in [1.165, 1.54) is 11.1 Å². The van der Waals surface area contributed by atoms with Crippen LogP contribution in [0.1, 0.15) is 25.1 Å². The summed E-state index contributed by atoms with van der Waals surface area (Å²) in [6.45, 7) is 6.19. The molecule has 0 aliphatic carbocycles. The van der Waals surface area contributed by atoms with Crippen LogP contribution < -0.4 is 4.57 Å². The van der Waals surface area contributed by atoms with Gasteiger partial charge in [0.25, 0.3) is 0 Å². The van der Waals surface area contributed by atoms with E-state index in [4.69, 9.17) is 0 Å². The fourth-order valence-electron chi connectivity index (χ4n) is 3.41. The molecular formula is C23H22N3Y-. The normalized spacial score (nSPS) is 11.6. The Morgan fingerprint density at radius 3 is 2.52 bits per heavy atom. The van der Waals surface area contributed by atoms with Crippen LogP contribution >= 0.6 is 0 Å². The van der Waals surface area contributed by atoms with E-state index in [9.17, 15) is 0 Å². The summed E-state index contributed by atoms with van der Waals surface area (Å²) in [5, 5.41) is 1.13. The third kappa shape index (κ3) is 3.46. The molecule has 4 aromatic rings. The number of nitrogens with zero attached hydrogens (tertiary/aromatic N) is 3. The van der Waals surface area contributed by atoms with Crippen LogP contribution in [0.3, 0.4) is 0 Å². The van der Waals surface area contributed by atoms with E-state index in [0.29, 0.717) is 0 Å². The number of aromatic nitrogens is 3. The number of rotatable bonds is 3. The summed E-state index contributed by atoms with van der Waals surface area (Å²) in [6.07, 6.45) is 7.55. The quantitative estimate of drug-likeness (QED) is 0.334. The van der Waals surface area contributed by atoms with Gasteiger partial charge in [-0.05, 0) is 19.1 Å². The molecule has 27 heavy (non-hydrogen) atoms. The molecule has 0 saturated carbocycles. The molecule has 0 atom stereocenters. The van der Waals surface area contributed by atoms with Gasteiger partial charge in [0.05, 0.1) is 7.05 Å². The number of hydrogen-bond donors (Lipinski definition) is 0. The first-order valence-electron chi connectivity index (χ1n) is 8.78. The topological polar surface area (TPSA) is 13.7 Å². The van der Waals surface area contributed by atoms with Crippen LogP contribution in [-0.2, 0) is 39.8 Å². The molecule has 0 fully saturated rings. The van der Waals surface area contributed by atoms with Gasteiger partial charge in [-0.2, -0.15) is 0 Å². The first-order valence-corrected chi connectivity index (χ1v) is 8.78. The zero-order valence-electron chi connectivity index (χ0n) is 16.2. The zero-order chi connectivity index (χ0) is 18.3. The Bertz CT molecular complexity index is 1120. The van der Waals surface area contributed by atoms with Crippen LogP contribution in [0.25, 0.3) is 28.0 Å². The Labute approximate surface area is 185 Å². The SMILES string of the molecule is C[C-]=C(C)c1[c-]c2cccc(C)c2n1-c1cn(-c2ccccc2)c[n+]1C.[Y]. The van der Waals surface area contributed by atoms with Gasteiger partial charge in [-0.25, -0.2) is 15.2 Å². The van der Waals surface area contributed by atoms with E-state index in [0.717, 1.165) is 28.2 Å². The molecule has 0 amide bonds. The molecule has 1 radical (unpaired) electrons. The third-order valence-corrected chi connectivity index (χ3v) is 4.87. The second kappa shape index (κ2) is 7.96. The Morgan fingerprint density at radius 1 is 1.07 bits per heavy atom. The third-order valence-electron chi connectivity index (χ3n) is 4.87. The summed E-state index contributed by atoms with van der Waals surface area (Å²) < 4.78 is 6.59. The first kappa shape index (κ1) is 19.8. The largest absolute Gasteiger partial charge is 0.362 e. The molecule has 0 spiro atoms. The predicted molar refractivity (Wildman–Crippen MR) is 105 cm³/mol. The second-order valence-electron chi connectivity index (χ2n) is 6.61. The molecule has 0 unspecified atom stereocenters. The molecule has 3 nitrogen and oxygen atoms in total. The van der Waals surface area contributed by atoms with E-state index in [1.54, 1.807) is 0 Å². The number of imidazole rings is 1. The number of hydrogen-bond acceptors (Lipinski definition) is 0. The fourth-order valence-corrected chi connectivity index (χ4v) is 3.41. The molecule has 4 heteroatoms. The Kier molecular flexibility index (Phi) is 5.83. The maximum absolute atomic E-state index is 3.57. The van der Waals surface area contributed by atoms with Gasteiger partial charge in [0, 0.05) is 38.2 Å². The van der Waals surface area contributed by atoms with Crippen molar-refractivity contribution in [3.8, 4) is 11.5 Å². The predicted octanol–water partition coefficient (Wildman–Crippen LogP) is 4.58. The standard InChI is InChI=1S/C23H22N3.Y/c1-5-17(2)21-14-19-11-9-10-18(3)23(19)26(21)22-15-25(16-24(22)4)20-12-7-6-8-13-20;/h6-13,15-16H,1-4H3;/q-1;. The molecule has 0 N–H and O–H groups in total. The maximum Gasteiger partial charge on any atom is 0.239 e. The number of aryl methyl sites for hydroxylation is 2. The number of fused-ring (bicyclic) bond motifs is 1. The maximum atomic E-state index is 3.57. The van der Waals surface area contributed by atoms with Crippen LogP contribution in [-0.4, -0.2) is 9.13 Å². The monoisotopic (exact) mass is 429 g/mol. The van der Waals surface area contributed by atoms with E-state index in [-0.39, 0.29) is 32.7 Å². The van der Waals surface area contributed by atoms with Crippen molar-refractivity contribution in [1.29, 1.82) is 0 Å². The van der Waals surface area contributed by atoms with Gasteiger partial charge in [-0.3, -0.25) is 5.57 Å². The van der Waals surface area contributed by atoms with Crippen molar-refractivity contribution in [1.82, 2.24) is 9.13 Å². The molecule has 0 aliphatic heterocycles. The zero-order valence-corrected chi connectivity index (χ0v) is 19.0. The minimum absolute atomic E-state index is 0. The van der Waals surface area contributed by atoms with Crippen molar-refractivity contribution >= 4 is 16.5 Å². The van der Waals surface area contributed by atoms with Crippen LogP contribution in [0.2, 0.25) is 0 Å². The average Bonchev–Trinajstić information content (AvgIpc) is 3.23. The van der Waals surface area contributed by atoms with E-state index >= 15 is 0 Å². The fraction of sp³-hybridized carbons (Fsp3) is 0.174. The molecule has 0 aliphatic rings. The molecular weight excluding hydrogens is 407 g/mol. The summed E-state index contributed by atoms with van der Waals surface area (Å²) in [5.41, 5.74) is 5.72. The Hall–Kier alpha value is -1.97. The number of benzene rings is 2. The van der Waals surface area contributed by atoms with E-state index in [1.807, 2.05) is 13.0 Å². The summed E-state index contributed by atoms with van der Waals surface area (Å²) in [7, 11) is 2.08. The van der Waals surface area contributed by atoms with Gasteiger partial charge in [-0.15, -0.1) is 37.1 Å². The minimum atomic E-state index is 0. The van der Waals surface area contributed by atoms with Crippen LogP contribution in [0.4, 0.5) is 0 Å². The van der Waals surface area contributed by atoms with E-state index in [2.05, 4.69) is 102 Å². The van der Waals surface area contributed by atoms with Crippen LogP contribution in [0, 0.1) is 19.1 Å². The Balaban J connectivity index is 0.00000210. The van der Waals surface area contributed by atoms with Crippen molar-refractivity contribution in [3.05, 3.63) is 84.5 Å². The van der Waals surface area contributed by atoms with Gasteiger partial charge in [0.1, 0.15) is 11.9 Å². The molecule has 2 aromatic heterocycles. The summed E-state index contributed by atoms with van der Waals surface area (Å²) in [5.74, 6) is 1.10. The van der Waals surface area contributed by atoms with Crippen molar-refractivity contribution in [2.75, 3.05) is 0 Å². The second-order valence-corrected chi connectivity index (χ2v) is 6.61. The smallest absolute Gasteiger partial charge is 0.239 e. The minimum Gasteiger partial charge on any atom is -0.362 e. The van der Waals surface area contributed by atoms with Crippen molar-refractivity contribution in [2.45, 2.75) is 20.8 Å². The van der Waals surface area contributed by atoms with Crippen molar-refractivity contribution < 1.29 is 37.3 Å². The van der Waals surface area contributed by atoms with Gasteiger partial charge in [-0.1, -0.05) is 29.8 Å².